The molecule has 1 atom stereocenters. The molecule has 0 N–H and O–H groups in total. The lowest BCUT2D eigenvalue weighted by Crippen LogP contribution is -2.16. The summed E-state index contributed by atoms with van der Waals surface area (Å²) in [5, 5.41) is 0. The largest absolute Gasteiger partial charge is 0.344 e. The van der Waals surface area contributed by atoms with Crippen LogP contribution in [0.1, 0.15) is 32.6 Å². The van der Waals surface area contributed by atoms with E-state index in [2.05, 4.69) is 6.58 Å². The van der Waals surface area contributed by atoms with Gasteiger partial charge in [-0.15, -0.1) is 39.8 Å². The van der Waals surface area contributed by atoms with Gasteiger partial charge in [0.2, 0.25) is 0 Å². The van der Waals surface area contributed by atoms with Crippen molar-refractivity contribution in [1.82, 2.24) is 0 Å². The molecule has 0 aromatic carbocycles. The van der Waals surface area contributed by atoms with Crippen LogP contribution in [0.4, 0.5) is 0 Å². The van der Waals surface area contributed by atoms with Gasteiger partial charge in [-0.25, -0.2) is 0 Å². The molecule has 0 aromatic rings. The van der Waals surface area contributed by atoms with E-state index >= 15 is 0 Å². The van der Waals surface area contributed by atoms with E-state index in [1.165, 1.54) is 0 Å². The monoisotopic (exact) mass is 244 g/mol. The molecule has 72 valence electrons. The van der Waals surface area contributed by atoms with E-state index < -0.39 is 6.00 Å². The lowest BCUT2D eigenvalue weighted by molar-refractivity contribution is 0.670. The van der Waals surface area contributed by atoms with Crippen LogP contribution in [0.3, 0.4) is 0 Å². The van der Waals surface area contributed by atoms with Gasteiger partial charge in [-0.2, -0.15) is 0 Å². The third kappa shape index (κ3) is 6.35. The summed E-state index contributed by atoms with van der Waals surface area (Å²) < 4.78 is 0. The van der Waals surface area contributed by atoms with Gasteiger partial charge >= 0.3 is 6.00 Å². The zero-order valence-electron chi connectivity index (χ0n) is 7.32. The Morgan fingerprint density at radius 3 is 2.33 bits per heavy atom. The molecule has 4 heteroatoms. The van der Waals surface area contributed by atoms with Gasteiger partial charge in [0.15, 0.2) is 0 Å². The zero-order chi connectivity index (χ0) is 9.61. The second-order valence-corrected chi connectivity index (χ2v) is 12.2. The van der Waals surface area contributed by atoms with Crippen molar-refractivity contribution in [3.63, 3.8) is 0 Å². The normalized spacial score (nSPS) is 14.3. The van der Waals surface area contributed by atoms with Crippen molar-refractivity contribution in [2.24, 2.45) is 0 Å². The first-order chi connectivity index (χ1) is 5.48. The van der Waals surface area contributed by atoms with E-state index in [4.69, 9.17) is 33.2 Å². The minimum atomic E-state index is -2.43. The summed E-state index contributed by atoms with van der Waals surface area (Å²) >= 11 is 17.5. The molecule has 0 bridgehead atoms. The molecule has 0 rings (SSSR count). The number of allylic oxidation sites excluding steroid dienone is 1. The second kappa shape index (κ2) is 6.31. The lowest BCUT2D eigenvalue weighted by Gasteiger charge is -2.16. The molecule has 0 radical (unpaired) electrons. The molecular weight excluding hydrogens is 231 g/mol. The fraction of sp³-hybridized carbons (Fsp3) is 0.750. The van der Waals surface area contributed by atoms with Gasteiger partial charge < -0.3 is 0 Å². The van der Waals surface area contributed by atoms with Crippen LogP contribution in [-0.2, 0) is 0 Å². The fourth-order valence-electron chi connectivity index (χ4n) is 0.903. The van der Waals surface area contributed by atoms with E-state index in [0.717, 1.165) is 25.7 Å². The van der Waals surface area contributed by atoms with Crippen molar-refractivity contribution in [2.75, 3.05) is 0 Å². The Morgan fingerprint density at radius 2 is 1.92 bits per heavy atom. The average Bonchev–Trinajstić information content (AvgIpc) is 1.96. The predicted octanol–water partition coefficient (Wildman–Crippen LogP) is 4.78. The van der Waals surface area contributed by atoms with Crippen LogP contribution in [0, 0.1) is 0 Å². The predicted molar refractivity (Wildman–Crippen MR) is 61.4 cm³/mol. The molecule has 12 heavy (non-hydrogen) atoms. The van der Waals surface area contributed by atoms with Crippen molar-refractivity contribution >= 4 is 39.2 Å². The highest BCUT2D eigenvalue weighted by Crippen LogP contribution is 2.36. The van der Waals surface area contributed by atoms with Gasteiger partial charge in [-0.05, 0) is 24.8 Å². The highest BCUT2D eigenvalue weighted by atomic mass is 35.8. The Bertz CT molecular complexity index is 131. The molecule has 0 aromatic heterocycles. The van der Waals surface area contributed by atoms with Crippen LogP contribution in [0.2, 0.25) is 5.54 Å². The molecule has 0 heterocycles. The maximum absolute atomic E-state index is 5.85. The second-order valence-electron chi connectivity index (χ2n) is 3.02. The van der Waals surface area contributed by atoms with Crippen LogP contribution >= 0.6 is 33.2 Å². The number of hydrogen-bond donors (Lipinski definition) is 0. The molecule has 0 nitrogen and oxygen atoms in total. The molecule has 0 amide bonds. The van der Waals surface area contributed by atoms with Crippen molar-refractivity contribution in [3.05, 3.63) is 12.7 Å². The molecule has 0 spiro atoms. The Balaban J connectivity index is 3.44. The number of unbranched alkanes of at least 4 members (excludes halogenated alkanes) is 2. The summed E-state index contributed by atoms with van der Waals surface area (Å²) in [6, 6.07) is -2.43. The SMILES string of the molecule is C=CCCCCC(C)[Si](Cl)(Cl)Cl. The van der Waals surface area contributed by atoms with Crippen LogP contribution in [-0.4, -0.2) is 6.00 Å². The molecule has 0 fully saturated rings. The van der Waals surface area contributed by atoms with Crippen molar-refractivity contribution in [2.45, 2.75) is 38.1 Å². The van der Waals surface area contributed by atoms with E-state index in [1.807, 2.05) is 13.0 Å². The van der Waals surface area contributed by atoms with Gasteiger partial charge in [0.25, 0.3) is 0 Å². The van der Waals surface area contributed by atoms with Gasteiger partial charge in [0, 0.05) is 0 Å². The van der Waals surface area contributed by atoms with Gasteiger partial charge in [-0.3, -0.25) is 0 Å². The Labute approximate surface area is 90.0 Å². The number of hydrogen-bond acceptors (Lipinski definition) is 0. The van der Waals surface area contributed by atoms with Crippen molar-refractivity contribution in [1.29, 1.82) is 0 Å². The van der Waals surface area contributed by atoms with Crippen molar-refractivity contribution < 1.29 is 0 Å². The Morgan fingerprint density at radius 1 is 1.33 bits per heavy atom. The maximum Gasteiger partial charge on any atom is 0.344 e. The average molecular weight is 246 g/mol. The first-order valence-corrected chi connectivity index (χ1v) is 9.27. The number of halogens is 3. The zero-order valence-corrected chi connectivity index (χ0v) is 10.6. The lowest BCUT2D eigenvalue weighted by atomic mass is 10.1. The van der Waals surface area contributed by atoms with E-state index in [0.29, 0.717) is 0 Å². The minimum absolute atomic E-state index is 0.271. The standard InChI is InChI=1S/C8H15Cl3Si/c1-3-4-5-6-7-8(2)12(9,10)11/h3,8H,1,4-7H2,2H3. The molecule has 0 aliphatic heterocycles. The quantitative estimate of drug-likeness (QED) is 0.273. The molecular formula is C8H15Cl3Si. The van der Waals surface area contributed by atoms with E-state index in [1.54, 1.807) is 0 Å². The van der Waals surface area contributed by atoms with E-state index in [-0.39, 0.29) is 5.54 Å². The third-order valence-corrected chi connectivity index (χ3v) is 6.61. The topological polar surface area (TPSA) is 0 Å². The highest BCUT2D eigenvalue weighted by Gasteiger charge is 2.32. The van der Waals surface area contributed by atoms with Gasteiger partial charge in [0.1, 0.15) is 0 Å². The van der Waals surface area contributed by atoms with E-state index in [9.17, 15) is 0 Å². The Kier molecular flexibility index (Phi) is 6.74. The molecule has 1 unspecified atom stereocenters. The van der Waals surface area contributed by atoms with Crippen LogP contribution in [0.15, 0.2) is 12.7 Å². The summed E-state index contributed by atoms with van der Waals surface area (Å²) in [5.41, 5.74) is 0.271. The minimum Gasteiger partial charge on any atom is -0.126 e. The maximum atomic E-state index is 5.85. The van der Waals surface area contributed by atoms with Crippen LogP contribution in [0.5, 0.6) is 0 Å². The first kappa shape index (κ1) is 12.8. The fourth-order valence-corrected chi connectivity index (χ4v) is 2.42. The third-order valence-electron chi connectivity index (χ3n) is 1.85. The number of rotatable bonds is 6. The summed E-state index contributed by atoms with van der Waals surface area (Å²) in [6.07, 6.45) is 6.30. The summed E-state index contributed by atoms with van der Waals surface area (Å²) in [5.74, 6) is 0. The summed E-state index contributed by atoms with van der Waals surface area (Å²) in [4.78, 5) is 0. The molecule has 0 saturated carbocycles. The molecule has 0 saturated heterocycles. The molecule has 0 aliphatic carbocycles. The molecule has 0 aliphatic rings. The van der Waals surface area contributed by atoms with Crippen LogP contribution in [0.25, 0.3) is 0 Å². The van der Waals surface area contributed by atoms with Crippen molar-refractivity contribution in [3.8, 4) is 0 Å². The van der Waals surface area contributed by atoms with Gasteiger partial charge in [-0.1, -0.05) is 19.4 Å². The summed E-state index contributed by atoms with van der Waals surface area (Å²) in [6.45, 7) is 5.68. The Hall–Kier alpha value is 0.827. The van der Waals surface area contributed by atoms with Gasteiger partial charge in [0.05, 0.1) is 0 Å². The highest BCUT2D eigenvalue weighted by molar-refractivity contribution is 7.65. The van der Waals surface area contributed by atoms with Crippen LogP contribution < -0.4 is 0 Å². The smallest absolute Gasteiger partial charge is 0.126 e. The first-order valence-electron chi connectivity index (χ1n) is 4.16. The summed E-state index contributed by atoms with van der Waals surface area (Å²) in [7, 11) is 0.